The molecule has 1 unspecified atom stereocenters. The number of nitrogen functional groups attached to an aromatic ring is 1. The molecule has 0 amide bonds. The monoisotopic (exact) mass is 241 g/mol. The van der Waals surface area contributed by atoms with Crippen molar-refractivity contribution in [1.29, 1.82) is 0 Å². The lowest BCUT2D eigenvalue weighted by Crippen LogP contribution is -2.28. The highest BCUT2D eigenvalue weighted by Gasteiger charge is 2.47. The van der Waals surface area contributed by atoms with E-state index in [9.17, 15) is 8.42 Å². The van der Waals surface area contributed by atoms with Crippen molar-refractivity contribution in [2.75, 3.05) is 5.73 Å². The first kappa shape index (κ1) is 11.3. The Morgan fingerprint density at radius 2 is 2.12 bits per heavy atom. The van der Waals surface area contributed by atoms with E-state index in [2.05, 4.69) is 9.71 Å². The summed E-state index contributed by atoms with van der Waals surface area (Å²) >= 11 is 0. The second kappa shape index (κ2) is 3.43. The van der Waals surface area contributed by atoms with E-state index in [1.54, 1.807) is 0 Å². The molecule has 6 heteroatoms. The third-order valence-electron chi connectivity index (χ3n) is 2.88. The molecule has 2 rings (SSSR count). The van der Waals surface area contributed by atoms with Crippen LogP contribution in [0.25, 0.3) is 0 Å². The van der Waals surface area contributed by atoms with Crippen LogP contribution in [-0.2, 0) is 10.0 Å². The number of aromatic nitrogens is 1. The second-order valence-electron chi connectivity index (χ2n) is 4.79. The lowest BCUT2D eigenvalue weighted by molar-refractivity contribution is 0.554. The number of hydrogen-bond acceptors (Lipinski definition) is 4. The number of sulfonamides is 1. The Labute approximate surface area is 95.1 Å². The summed E-state index contributed by atoms with van der Waals surface area (Å²) in [6.45, 7) is 4.06. The van der Waals surface area contributed by atoms with E-state index in [1.165, 1.54) is 18.3 Å². The Kier molecular flexibility index (Phi) is 2.43. The lowest BCUT2D eigenvalue weighted by Gasteiger charge is -2.07. The van der Waals surface area contributed by atoms with Crippen LogP contribution in [0.2, 0.25) is 0 Å². The normalized spacial score (nSPS) is 23.0. The van der Waals surface area contributed by atoms with Gasteiger partial charge >= 0.3 is 0 Å². The van der Waals surface area contributed by atoms with Gasteiger partial charge in [-0.1, -0.05) is 13.8 Å². The minimum atomic E-state index is -3.45. The van der Waals surface area contributed by atoms with Gasteiger partial charge in [-0.2, -0.15) is 0 Å². The van der Waals surface area contributed by atoms with Crippen molar-refractivity contribution in [2.24, 2.45) is 5.41 Å². The van der Waals surface area contributed by atoms with Gasteiger partial charge in [0.05, 0.1) is 0 Å². The molecule has 16 heavy (non-hydrogen) atoms. The number of nitrogens with one attached hydrogen (secondary N) is 1. The number of hydrogen-bond donors (Lipinski definition) is 2. The van der Waals surface area contributed by atoms with E-state index in [0.717, 1.165) is 6.42 Å². The van der Waals surface area contributed by atoms with Crippen molar-refractivity contribution >= 4 is 15.8 Å². The average molecular weight is 241 g/mol. The molecule has 5 nitrogen and oxygen atoms in total. The molecule has 3 N–H and O–H groups in total. The maximum atomic E-state index is 11.9. The van der Waals surface area contributed by atoms with Gasteiger partial charge in [0, 0.05) is 12.2 Å². The van der Waals surface area contributed by atoms with Crippen molar-refractivity contribution in [3.8, 4) is 0 Å². The Balaban J connectivity index is 2.17. The molecule has 1 aliphatic carbocycles. The van der Waals surface area contributed by atoms with Gasteiger partial charge < -0.3 is 5.73 Å². The first-order valence-corrected chi connectivity index (χ1v) is 6.53. The highest BCUT2D eigenvalue weighted by Crippen LogP contribution is 2.45. The van der Waals surface area contributed by atoms with Crippen molar-refractivity contribution < 1.29 is 8.42 Å². The fraction of sp³-hybridized carbons (Fsp3) is 0.500. The predicted octanol–water partition coefficient (Wildman–Crippen LogP) is 0.741. The first-order chi connectivity index (χ1) is 7.31. The summed E-state index contributed by atoms with van der Waals surface area (Å²) in [5.41, 5.74) is 5.46. The number of nitrogens with two attached hydrogens (primary N) is 1. The fourth-order valence-corrected chi connectivity index (χ4v) is 2.83. The van der Waals surface area contributed by atoms with E-state index in [-0.39, 0.29) is 16.4 Å². The molecular weight excluding hydrogens is 226 g/mol. The molecule has 88 valence electrons. The highest BCUT2D eigenvalue weighted by molar-refractivity contribution is 7.89. The maximum Gasteiger partial charge on any atom is 0.242 e. The van der Waals surface area contributed by atoms with Gasteiger partial charge in [0.2, 0.25) is 10.0 Å². The van der Waals surface area contributed by atoms with Gasteiger partial charge in [0.15, 0.2) is 0 Å². The van der Waals surface area contributed by atoms with Crippen LogP contribution in [-0.4, -0.2) is 19.4 Å². The van der Waals surface area contributed by atoms with E-state index >= 15 is 0 Å². The third-order valence-corrected chi connectivity index (χ3v) is 4.34. The number of anilines is 1. The Hall–Kier alpha value is -1.14. The molecule has 1 aromatic heterocycles. The molecule has 0 bridgehead atoms. The van der Waals surface area contributed by atoms with Crippen LogP contribution in [0.5, 0.6) is 0 Å². The van der Waals surface area contributed by atoms with Gasteiger partial charge in [0.25, 0.3) is 0 Å². The number of nitrogens with zero attached hydrogens (tertiary/aromatic N) is 1. The van der Waals surface area contributed by atoms with Crippen LogP contribution in [0.15, 0.2) is 23.2 Å². The molecular formula is C10H15N3O2S. The van der Waals surface area contributed by atoms with Crippen LogP contribution in [0.3, 0.4) is 0 Å². The van der Waals surface area contributed by atoms with Crippen LogP contribution in [0, 0.1) is 5.41 Å². The van der Waals surface area contributed by atoms with E-state index in [0.29, 0.717) is 5.82 Å². The summed E-state index contributed by atoms with van der Waals surface area (Å²) in [7, 11) is -3.45. The van der Waals surface area contributed by atoms with E-state index < -0.39 is 10.0 Å². The summed E-state index contributed by atoms with van der Waals surface area (Å²) < 4.78 is 26.4. The smallest absolute Gasteiger partial charge is 0.242 e. The predicted molar refractivity (Wildman–Crippen MR) is 61.2 cm³/mol. The lowest BCUT2D eigenvalue weighted by atomic mass is 10.2. The van der Waals surface area contributed by atoms with Gasteiger partial charge in [-0.05, 0) is 24.0 Å². The zero-order valence-electron chi connectivity index (χ0n) is 9.27. The number of rotatable bonds is 3. The highest BCUT2D eigenvalue weighted by atomic mass is 32.2. The van der Waals surface area contributed by atoms with E-state index in [1.807, 2.05) is 13.8 Å². The largest absolute Gasteiger partial charge is 0.384 e. The molecule has 0 aliphatic heterocycles. The minimum Gasteiger partial charge on any atom is -0.384 e. The Bertz CT molecular complexity index is 493. The first-order valence-electron chi connectivity index (χ1n) is 5.05. The Morgan fingerprint density at radius 1 is 1.50 bits per heavy atom. The average Bonchev–Trinajstić information content (AvgIpc) is 2.73. The quantitative estimate of drug-likeness (QED) is 0.817. The van der Waals surface area contributed by atoms with Crippen LogP contribution in [0.1, 0.15) is 20.3 Å². The van der Waals surface area contributed by atoms with E-state index in [4.69, 9.17) is 5.73 Å². The van der Waals surface area contributed by atoms with Crippen molar-refractivity contribution in [3.63, 3.8) is 0 Å². The molecule has 1 aliphatic rings. The minimum absolute atomic E-state index is 0.0232. The summed E-state index contributed by atoms with van der Waals surface area (Å²) in [5.74, 6) is 0.311. The van der Waals surface area contributed by atoms with Gasteiger partial charge in [-0.15, -0.1) is 0 Å². The molecule has 1 atom stereocenters. The standard InChI is InChI=1S/C10H15N3O2S/c1-10(2)5-8(10)13-16(14,15)7-3-4-9(11)12-6-7/h3-4,6,8,13H,5H2,1-2H3,(H2,11,12). The summed E-state index contributed by atoms with van der Waals surface area (Å²) in [4.78, 5) is 3.92. The molecule has 0 radical (unpaired) electrons. The summed E-state index contributed by atoms with van der Waals surface area (Å²) in [6, 6.07) is 2.96. The van der Waals surface area contributed by atoms with Gasteiger partial charge in [-0.3, -0.25) is 0 Å². The number of pyridine rings is 1. The molecule has 1 heterocycles. The third kappa shape index (κ3) is 2.17. The fourth-order valence-electron chi connectivity index (χ4n) is 1.47. The van der Waals surface area contributed by atoms with Crippen molar-refractivity contribution in [1.82, 2.24) is 9.71 Å². The zero-order valence-corrected chi connectivity index (χ0v) is 10.1. The van der Waals surface area contributed by atoms with Crippen molar-refractivity contribution in [3.05, 3.63) is 18.3 Å². The van der Waals surface area contributed by atoms with Crippen LogP contribution < -0.4 is 10.5 Å². The molecule has 0 spiro atoms. The van der Waals surface area contributed by atoms with Crippen LogP contribution in [0.4, 0.5) is 5.82 Å². The molecule has 1 saturated carbocycles. The Morgan fingerprint density at radius 3 is 2.56 bits per heavy atom. The topological polar surface area (TPSA) is 85.1 Å². The summed E-state index contributed by atoms with van der Waals surface area (Å²) in [5, 5.41) is 0. The maximum absolute atomic E-state index is 11.9. The molecule has 1 fully saturated rings. The molecule has 1 aromatic rings. The van der Waals surface area contributed by atoms with Crippen molar-refractivity contribution in [2.45, 2.75) is 31.2 Å². The summed E-state index contributed by atoms with van der Waals surface area (Å²) in [6.07, 6.45) is 2.14. The molecule has 0 aromatic carbocycles. The zero-order chi connectivity index (χ0) is 12.0. The SMILES string of the molecule is CC1(C)CC1NS(=O)(=O)c1ccc(N)nc1. The molecule has 0 saturated heterocycles. The van der Waals surface area contributed by atoms with Crippen LogP contribution >= 0.6 is 0 Å². The second-order valence-corrected chi connectivity index (χ2v) is 6.50. The van der Waals surface area contributed by atoms with Gasteiger partial charge in [-0.25, -0.2) is 18.1 Å². The van der Waals surface area contributed by atoms with Gasteiger partial charge in [0.1, 0.15) is 10.7 Å².